The minimum Gasteiger partial charge on any atom is -0.354 e. The summed E-state index contributed by atoms with van der Waals surface area (Å²) < 4.78 is 0. The standard InChI is InChI=1S/C15H12N2O/c1-10-4-2-6-12-13(9-18)15(17-14(10)12)11-5-3-7-16-8-11/h2-9,17H,1H3. The summed E-state index contributed by atoms with van der Waals surface area (Å²) in [6.45, 7) is 2.03. The van der Waals surface area contributed by atoms with Gasteiger partial charge in [-0.25, -0.2) is 0 Å². The summed E-state index contributed by atoms with van der Waals surface area (Å²) >= 11 is 0. The van der Waals surface area contributed by atoms with E-state index in [1.807, 2.05) is 37.3 Å². The smallest absolute Gasteiger partial charge is 0.152 e. The van der Waals surface area contributed by atoms with Gasteiger partial charge in [0, 0.05) is 34.4 Å². The number of aromatic amines is 1. The van der Waals surface area contributed by atoms with E-state index < -0.39 is 0 Å². The van der Waals surface area contributed by atoms with Crippen LogP contribution in [0.4, 0.5) is 0 Å². The average molecular weight is 236 g/mol. The zero-order valence-corrected chi connectivity index (χ0v) is 9.97. The van der Waals surface area contributed by atoms with E-state index >= 15 is 0 Å². The van der Waals surface area contributed by atoms with Crippen LogP contribution >= 0.6 is 0 Å². The highest BCUT2D eigenvalue weighted by Crippen LogP contribution is 2.30. The van der Waals surface area contributed by atoms with Crippen LogP contribution in [0.3, 0.4) is 0 Å². The van der Waals surface area contributed by atoms with Gasteiger partial charge in [0.1, 0.15) is 0 Å². The number of carbonyl (C=O) groups excluding carboxylic acids is 1. The Kier molecular flexibility index (Phi) is 2.45. The van der Waals surface area contributed by atoms with Crippen molar-refractivity contribution < 1.29 is 4.79 Å². The largest absolute Gasteiger partial charge is 0.354 e. The van der Waals surface area contributed by atoms with Crippen LogP contribution in [0.5, 0.6) is 0 Å². The number of pyridine rings is 1. The normalized spacial score (nSPS) is 10.7. The lowest BCUT2D eigenvalue weighted by Crippen LogP contribution is -1.84. The third-order valence-electron chi connectivity index (χ3n) is 3.15. The Hall–Kier alpha value is -2.42. The Morgan fingerprint density at radius 2 is 2.11 bits per heavy atom. The first-order valence-electron chi connectivity index (χ1n) is 5.78. The zero-order valence-electron chi connectivity index (χ0n) is 9.97. The third-order valence-corrected chi connectivity index (χ3v) is 3.15. The molecule has 3 aromatic rings. The molecular formula is C15H12N2O. The Morgan fingerprint density at radius 3 is 2.83 bits per heavy atom. The lowest BCUT2D eigenvalue weighted by atomic mass is 10.1. The molecule has 88 valence electrons. The lowest BCUT2D eigenvalue weighted by molar-refractivity contribution is 0.112. The van der Waals surface area contributed by atoms with E-state index in [0.717, 1.165) is 34.0 Å². The van der Waals surface area contributed by atoms with Crippen LogP contribution < -0.4 is 0 Å². The van der Waals surface area contributed by atoms with Crippen LogP contribution in [0.25, 0.3) is 22.2 Å². The average Bonchev–Trinajstić information content (AvgIpc) is 2.80. The van der Waals surface area contributed by atoms with Crippen molar-refractivity contribution in [3.8, 4) is 11.3 Å². The number of aromatic nitrogens is 2. The Balaban J connectivity index is 2.37. The fourth-order valence-corrected chi connectivity index (χ4v) is 2.25. The molecule has 2 heterocycles. The van der Waals surface area contributed by atoms with Gasteiger partial charge in [-0.1, -0.05) is 18.2 Å². The lowest BCUT2D eigenvalue weighted by Gasteiger charge is -1.97. The third kappa shape index (κ3) is 1.52. The predicted molar refractivity (Wildman–Crippen MR) is 71.7 cm³/mol. The molecule has 0 unspecified atom stereocenters. The number of benzene rings is 1. The van der Waals surface area contributed by atoms with E-state index in [1.54, 1.807) is 12.4 Å². The molecule has 0 saturated heterocycles. The van der Waals surface area contributed by atoms with Crippen LogP contribution in [-0.2, 0) is 0 Å². The van der Waals surface area contributed by atoms with Crippen LogP contribution in [0.2, 0.25) is 0 Å². The number of fused-ring (bicyclic) bond motifs is 1. The first kappa shape index (κ1) is 10.7. The second-order valence-electron chi connectivity index (χ2n) is 4.27. The molecule has 0 spiro atoms. The minimum absolute atomic E-state index is 0.696. The molecule has 1 N–H and O–H groups in total. The minimum atomic E-state index is 0.696. The molecule has 2 aromatic heterocycles. The molecule has 1 aromatic carbocycles. The molecule has 0 aliphatic carbocycles. The van der Waals surface area contributed by atoms with Gasteiger partial charge in [-0.3, -0.25) is 9.78 Å². The van der Waals surface area contributed by atoms with Crippen LogP contribution in [0.15, 0.2) is 42.7 Å². The van der Waals surface area contributed by atoms with Crippen molar-refractivity contribution in [2.45, 2.75) is 6.92 Å². The molecule has 3 rings (SSSR count). The molecule has 3 heteroatoms. The molecule has 0 amide bonds. The van der Waals surface area contributed by atoms with Gasteiger partial charge in [-0.2, -0.15) is 0 Å². The van der Waals surface area contributed by atoms with E-state index in [9.17, 15) is 4.79 Å². The molecule has 0 fully saturated rings. The predicted octanol–water partition coefficient (Wildman–Crippen LogP) is 3.35. The van der Waals surface area contributed by atoms with E-state index in [0.29, 0.717) is 5.56 Å². The molecule has 0 atom stereocenters. The van der Waals surface area contributed by atoms with Crippen molar-refractivity contribution in [3.05, 3.63) is 53.9 Å². The SMILES string of the molecule is Cc1cccc2c(C=O)c(-c3cccnc3)[nH]c12. The number of aldehydes is 1. The number of rotatable bonds is 2. The quantitative estimate of drug-likeness (QED) is 0.693. The second kappa shape index (κ2) is 4.11. The van der Waals surface area contributed by atoms with Gasteiger partial charge < -0.3 is 4.98 Å². The van der Waals surface area contributed by atoms with Crippen molar-refractivity contribution in [1.29, 1.82) is 0 Å². The van der Waals surface area contributed by atoms with Gasteiger partial charge in [0.05, 0.1) is 5.69 Å². The Bertz CT molecular complexity index is 714. The van der Waals surface area contributed by atoms with Gasteiger partial charge in [0.25, 0.3) is 0 Å². The van der Waals surface area contributed by atoms with E-state index in [1.165, 1.54) is 0 Å². The van der Waals surface area contributed by atoms with Crippen LogP contribution in [-0.4, -0.2) is 16.3 Å². The highest BCUT2D eigenvalue weighted by molar-refractivity contribution is 6.05. The van der Waals surface area contributed by atoms with Crippen molar-refractivity contribution in [2.75, 3.05) is 0 Å². The first-order valence-corrected chi connectivity index (χ1v) is 5.78. The number of carbonyl (C=O) groups is 1. The summed E-state index contributed by atoms with van der Waals surface area (Å²) in [5.41, 5.74) is 4.60. The monoisotopic (exact) mass is 236 g/mol. The van der Waals surface area contributed by atoms with Gasteiger partial charge in [-0.15, -0.1) is 0 Å². The second-order valence-corrected chi connectivity index (χ2v) is 4.27. The topological polar surface area (TPSA) is 45.8 Å². The summed E-state index contributed by atoms with van der Waals surface area (Å²) in [5.74, 6) is 0. The van der Waals surface area contributed by atoms with Crippen molar-refractivity contribution >= 4 is 17.2 Å². The number of hydrogen-bond donors (Lipinski definition) is 1. The molecule has 0 aliphatic heterocycles. The summed E-state index contributed by atoms with van der Waals surface area (Å²) in [7, 11) is 0. The van der Waals surface area contributed by atoms with Gasteiger partial charge in [0.15, 0.2) is 6.29 Å². The van der Waals surface area contributed by atoms with E-state index in [-0.39, 0.29) is 0 Å². The van der Waals surface area contributed by atoms with Crippen molar-refractivity contribution in [1.82, 2.24) is 9.97 Å². The summed E-state index contributed by atoms with van der Waals surface area (Å²) in [6.07, 6.45) is 4.38. The fraction of sp³-hybridized carbons (Fsp3) is 0.0667. The van der Waals surface area contributed by atoms with Crippen LogP contribution in [0.1, 0.15) is 15.9 Å². The highest BCUT2D eigenvalue weighted by atomic mass is 16.1. The maximum Gasteiger partial charge on any atom is 0.152 e. The maximum atomic E-state index is 11.3. The molecule has 18 heavy (non-hydrogen) atoms. The molecule has 0 bridgehead atoms. The summed E-state index contributed by atoms with van der Waals surface area (Å²) in [5, 5.41) is 0.962. The molecule has 0 saturated carbocycles. The maximum absolute atomic E-state index is 11.3. The van der Waals surface area contributed by atoms with E-state index in [4.69, 9.17) is 0 Å². The Morgan fingerprint density at radius 1 is 1.22 bits per heavy atom. The number of H-pyrrole nitrogens is 1. The van der Waals surface area contributed by atoms with Gasteiger partial charge in [-0.05, 0) is 24.6 Å². The summed E-state index contributed by atoms with van der Waals surface area (Å²) in [4.78, 5) is 18.8. The number of hydrogen-bond acceptors (Lipinski definition) is 2. The summed E-state index contributed by atoms with van der Waals surface area (Å²) in [6, 6.07) is 9.76. The van der Waals surface area contributed by atoms with Gasteiger partial charge >= 0.3 is 0 Å². The van der Waals surface area contributed by atoms with E-state index in [2.05, 4.69) is 9.97 Å². The molecular weight excluding hydrogens is 224 g/mol. The molecule has 3 nitrogen and oxygen atoms in total. The Labute approximate surface area is 104 Å². The van der Waals surface area contributed by atoms with Crippen molar-refractivity contribution in [2.24, 2.45) is 0 Å². The number of nitrogens with zero attached hydrogens (tertiary/aromatic N) is 1. The number of aryl methyl sites for hydroxylation is 1. The molecule has 0 radical (unpaired) electrons. The number of para-hydroxylation sites is 1. The first-order chi connectivity index (χ1) is 8.81. The van der Waals surface area contributed by atoms with Gasteiger partial charge in [0.2, 0.25) is 0 Å². The molecule has 0 aliphatic rings. The van der Waals surface area contributed by atoms with Crippen molar-refractivity contribution in [3.63, 3.8) is 0 Å². The highest BCUT2D eigenvalue weighted by Gasteiger charge is 2.13. The fourth-order valence-electron chi connectivity index (χ4n) is 2.25. The van der Waals surface area contributed by atoms with Crippen LogP contribution in [0, 0.1) is 6.92 Å². The zero-order chi connectivity index (χ0) is 12.5. The number of nitrogens with one attached hydrogen (secondary N) is 1.